The minimum Gasteiger partial charge on any atom is -0.444 e. The van der Waals surface area contributed by atoms with Crippen LogP contribution in [0.3, 0.4) is 0 Å². The predicted octanol–water partition coefficient (Wildman–Crippen LogP) is 4.62. The van der Waals surface area contributed by atoms with Crippen LogP contribution in [0.1, 0.15) is 37.9 Å². The molecule has 0 spiro atoms. The van der Waals surface area contributed by atoms with Crippen molar-refractivity contribution in [1.29, 1.82) is 0 Å². The number of hydrogen-bond acceptors (Lipinski definition) is 5. The molecule has 2 aromatic rings. The van der Waals surface area contributed by atoms with Gasteiger partial charge in [-0.3, -0.25) is 0 Å². The molecule has 0 aliphatic carbocycles. The first kappa shape index (κ1) is 19.9. The second-order valence-corrected chi connectivity index (χ2v) is 7.48. The Morgan fingerprint density at radius 3 is 2.32 bits per heavy atom. The first-order valence-corrected chi connectivity index (χ1v) is 8.67. The molecule has 0 unspecified atom stereocenters. The van der Waals surface area contributed by atoms with Crippen molar-refractivity contribution < 1.29 is 27.4 Å². The summed E-state index contributed by atoms with van der Waals surface area (Å²) >= 11 is 0. The highest BCUT2D eigenvalue weighted by Gasteiger charge is 2.35. The van der Waals surface area contributed by atoms with E-state index in [0.29, 0.717) is 18.8 Å². The van der Waals surface area contributed by atoms with Gasteiger partial charge in [0.2, 0.25) is 0 Å². The number of aromatic nitrogens is 2. The standard InChI is InChI=1S/C19H20F3N3O3/c1-18(2,3)28-17(26)25-10-13(11-25)12-4-6-14(7-5-12)27-16-23-9-8-15(24-16)19(20,21)22/h4-9,13H,10-11H2,1-3H3. The van der Waals surface area contributed by atoms with E-state index in [2.05, 4.69) is 9.97 Å². The van der Waals surface area contributed by atoms with Crippen molar-refractivity contribution >= 4 is 6.09 Å². The number of amides is 1. The van der Waals surface area contributed by atoms with Crippen molar-refractivity contribution in [3.05, 3.63) is 47.8 Å². The van der Waals surface area contributed by atoms with Crippen LogP contribution in [0.15, 0.2) is 36.5 Å². The summed E-state index contributed by atoms with van der Waals surface area (Å²) in [5.41, 5.74) is -0.602. The molecule has 2 heterocycles. The fraction of sp³-hybridized carbons (Fsp3) is 0.421. The number of alkyl halides is 3. The SMILES string of the molecule is CC(C)(C)OC(=O)N1CC(c2ccc(Oc3nccc(C(F)(F)F)n3)cc2)C1. The molecule has 1 aliphatic rings. The van der Waals surface area contributed by atoms with Gasteiger partial charge < -0.3 is 14.4 Å². The van der Waals surface area contributed by atoms with Crippen molar-refractivity contribution in [2.45, 2.75) is 38.5 Å². The maximum absolute atomic E-state index is 12.7. The van der Waals surface area contributed by atoms with Crippen LogP contribution in [0.2, 0.25) is 0 Å². The minimum atomic E-state index is -4.56. The largest absolute Gasteiger partial charge is 0.444 e. The molecule has 9 heteroatoms. The van der Waals surface area contributed by atoms with E-state index in [1.54, 1.807) is 29.2 Å². The number of carbonyl (C=O) groups is 1. The van der Waals surface area contributed by atoms with Gasteiger partial charge in [0.15, 0.2) is 5.69 Å². The normalized spacial score (nSPS) is 15.1. The Kier molecular flexibility index (Phi) is 5.18. The molecule has 0 bridgehead atoms. The second kappa shape index (κ2) is 7.29. The first-order chi connectivity index (χ1) is 13.0. The molecule has 1 fully saturated rings. The third-order valence-corrected chi connectivity index (χ3v) is 4.02. The summed E-state index contributed by atoms with van der Waals surface area (Å²) in [4.78, 5) is 20.7. The lowest BCUT2D eigenvalue weighted by Gasteiger charge is -2.40. The zero-order valence-electron chi connectivity index (χ0n) is 15.7. The zero-order chi connectivity index (χ0) is 20.5. The average molecular weight is 395 g/mol. The van der Waals surface area contributed by atoms with Gasteiger partial charge in [0.05, 0.1) is 0 Å². The third kappa shape index (κ3) is 4.90. The molecule has 1 amide bonds. The molecular weight excluding hydrogens is 375 g/mol. The van der Waals surface area contributed by atoms with Crippen LogP contribution >= 0.6 is 0 Å². The van der Waals surface area contributed by atoms with Crippen molar-refractivity contribution in [3.63, 3.8) is 0 Å². The van der Waals surface area contributed by atoms with E-state index in [9.17, 15) is 18.0 Å². The van der Waals surface area contributed by atoms with Crippen molar-refractivity contribution in [2.75, 3.05) is 13.1 Å². The van der Waals surface area contributed by atoms with Gasteiger partial charge in [-0.25, -0.2) is 9.78 Å². The molecule has 0 N–H and O–H groups in total. The predicted molar refractivity (Wildman–Crippen MR) is 94.1 cm³/mol. The number of ether oxygens (including phenoxy) is 2. The fourth-order valence-electron chi connectivity index (χ4n) is 2.63. The van der Waals surface area contributed by atoms with Crippen LogP contribution in [-0.4, -0.2) is 39.7 Å². The molecule has 1 aliphatic heterocycles. The second-order valence-electron chi connectivity index (χ2n) is 7.48. The summed E-state index contributed by atoms with van der Waals surface area (Å²) in [6.07, 6.45) is -3.90. The topological polar surface area (TPSA) is 64.5 Å². The lowest BCUT2D eigenvalue weighted by Crippen LogP contribution is -2.50. The van der Waals surface area contributed by atoms with E-state index >= 15 is 0 Å². The highest BCUT2D eigenvalue weighted by atomic mass is 19.4. The summed E-state index contributed by atoms with van der Waals surface area (Å²) < 4.78 is 48.7. The first-order valence-electron chi connectivity index (χ1n) is 8.67. The Hall–Kier alpha value is -2.84. The smallest absolute Gasteiger partial charge is 0.433 e. The molecule has 150 valence electrons. The molecule has 3 rings (SSSR count). The number of halogens is 3. The number of likely N-dealkylation sites (tertiary alicyclic amines) is 1. The van der Waals surface area contributed by atoms with Crippen LogP contribution in [-0.2, 0) is 10.9 Å². The summed E-state index contributed by atoms with van der Waals surface area (Å²) in [7, 11) is 0. The molecule has 0 atom stereocenters. The van der Waals surface area contributed by atoms with Crippen molar-refractivity contribution in [1.82, 2.24) is 14.9 Å². The number of rotatable bonds is 3. The summed E-state index contributed by atoms with van der Waals surface area (Å²) in [6, 6.07) is 7.29. The molecule has 0 saturated carbocycles. The molecule has 28 heavy (non-hydrogen) atoms. The molecule has 1 saturated heterocycles. The summed E-state index contributed by atoms with van der Waals surface area (Å²) in [6.45, 7) is 6.54. The average Bonchev–Trinajstić information content (AvgIpc) is 2.53. The molecule has 0 radical (unpaired) electrons. The van der Waals surface area contributed by atoms with Gasteiger partial charge in [-0.15, -0.1) is 0 Å². The fourth-order valence-corrected chi connectivity index (χ4v) is 2.63. The van der Waals surface area contributed by atoms with Gasteiger partial charge >= 0.3 is 18.3 Å². The summed E-state index contributed by atoms with van der Waals surface area (Å²) in [5.74, 6) is 0.498. The van der Waals surface area contributed by atoms with Gasteiger partial charge in [0.1, 0.15) is 11.4 Å². The Morgan fingerprint density at radius 1 is 1.11 bits per heavy atom. The van der Waals surface area contributed by atoms with Gasteiger partial charge in [0.25, 0.3) is 0 Å². The summed E-state index contributed by atoms with van der Waals surface area (Å²) in [5, 5.41) is 0. The molecule has 1 aromatic carbocycles. The van der Waals surface area contributed by atoms with Crippen LogP contribution in [0.4, 0.5) is 18.0 Å². The Labute approximate surface area is 160 Å². The van der Waals surface area contributed by atoms with E-state index < -0.39 is 17.5 Å². The van der Waals surface area contributed by atoms with Crippen LogP contribution in [0.5, 0.6) is 11.8 Å². The number of carbonyl (C=O) groups excluding carboxylic acids is 1. The lowest BCUT2D eigenvalue weighted by atomic mass is 9.92. The van der Waals surface area contributed by atoms with Gasteiger partial charge in [-0.05, 0) is 44.5 Å². The zero-order valence-corrected chi connectivity index (χ0v) is 15.7. The maximum Gasteiger partial charge on any atom is 0.433 e. The number of nitrogens with zero attached hydrogens (tertiary/aromatic N) is 3. The van der Waals surface area contributed by atoms with Gasteiger partial charge in [-0.2, -0.15) is 18.2 Å². The highest BCUT2D eigenvalue weighted by Crippen LogP contribution is 2.31. The van der Waals surface area contributed by atoms with E-state index in [1.165, 1.54) is 0 Å². The Morgan fingerprint density at radius 2 is 1.75 bits per heavy atom. The molecule has 6 nitrogen and oxygen atoms in total. The van der Waals surface area contributed by atoms with Gasteiger partial charge in [-0.1, -0.05) is 12.1 Å². The van der Waals surface area contributed by atoms with E-state index in [1.807, 2.05) is 20.8 Å². The van der Waals surface area contributed by atoms with E-state index in [0.717, 1.165) is 17.8 Å². The minimum absolute atomic E-state index is 0.173. The highest BCUT2D eigenvalue weighted by molar-refractivity contribution is 5.69. The molecule has 1 aromatic heterocycles. The third-order valence-electron chi connectivity index (χ3n) is 4.02. The van der Waals surface area contributed by atoms with E-state index in [-0.39, 0.29) is 18.0 Å². The van der Waals surface area contributed by atoms with Crippen molar-refractivity contribution in [3.8, 4) is 11.8 Å². The van der Waals surface area contributed by atoms with Gasteiger partial charge in [0, 0.05) is 25.2 Å². The molecular formula is C19H20F3N3O3. The maximum atomic E-state index is 12.7. The Balaban J connectivity index is 1.57. The van der Waals surface area contributed by atoms with Crippen LogP contribution in [0, 0.1) is 0 Å². The number of benzene rings is 1. The van der Waals surface area contributed by atoms with Crippen molar-refractivity contribution in [2.24, 2.45) is 0 Å². The monoisotopic (exact) mass is 395 g/mol. The quantitative estimate of drug-likeness (QED) is 0.759. The van der Waals surface area contributed by atoms with E-state index in [4.69, 9.17) is 9.47 Å². The van der Waals surface area contributed by atoms with Crippen LogP contribution in [0.25, 0.3) is 0 Å². The Bertz CT molecular complexity index is 842. The van der Waals surface area contributed by atoms with Crippen LogP contribution < -0.4 is 4.74 Å². The number of hydrogen-bond donors (Lipinski definition) is 0. The lowest BCUT2D eigenvalue weighted by molar-refractivity contribution is -0.141.